The number of likely N-dealkylation sites (tertiary alicyclic amines) is 2. The zero-order valence-electron chi connectivity index (χ0n) is 27.6. The summed E-state index contributed by atoms with van der Waals surface area (Å²) in [5.41, 5.74) is 3.33. The molecule has 3 fully saturated rings. The molecule has 250 valence electrons. The van der Waals surface area contributed by atoms with Crippen LogP contribution in [0.15, 0.2) is 48.5 Å². The fraction of sp³-hybridized carbons (Fsp3) is 0.622. The summed E-state index contributed by atoms with van der Waals surface area (Å²) in [5, 5.41) is 0. The molecule has 1 atom stereocenters. The van der Waals surface area contributed by atoms with E-state index in [0.717, 1.165) is 60.9 Å². The van der Waals surface area contributed by atoms with Gasteiger partial charge in [0.2, 0.25) is 0 Å². The molecule has 3 aliphatic heterocycles. The number of alkyl halides is 2. The van der Waals surface area contributed by atoms with Gasteiger partial charge >= 0.3 is 12.2 Å². The Bertz CT molecular complexity index is 1380. The standard InChI is InChI=1S/C37H49F2N3O4/c1-35(2,3)46-33(43)40-22-18-36(19-23-40)16-12-30(13-17-36)41-20-14-29(37(38,39)26-41)24-28-10-7-11-32-31(28)15-21-42(32)34(44)45-25-27-8-5-4-6-9-27/h4-11,29-30H,12-26H2,1-3H3. The molecule has 2 aromatic carbocycles. The number of halogens is 2. The van der Waals surface area contributed by atoms with Crippen molar-refractivity contribution in [3.05, 3.63) is 65.2 Å². The van der Waals surface area contributed by atoms with Crippen LogP contribution in [0.1, 0.15) is 82.4 Å². The number of carbonyl (C=O) groups is 2. The summed E-state index contributed by atoms with van der Waals surface area (Å²) in [7, 11) is 0. The first-order chi connectivity index (χ1) is 21.9. The van der Waals surface area contributed by atoms with E-state index in [2.05, 4.69) is 4.90 Å². The molecule has 2 amide bonds. The zero-order valence-corrected chi connectivity index (χ0v) is 27.6. The van der Waals surface area contributed by atoms with Gasteiger partial charge in [0, 0.05) is 31.6 Å². The van der Waals surface area contributed by atoms with Crippen LogP contribution in [0.2, 0.25) is 0 Å². The molecule has 0 aromatic heterocycles. The lowest BCUT2D eigenvalue weighted by atomic mass is 9.66. The van der Waals surface area contributed by atoms with Crippen molar-refractivity contribution in [2.45, 2.75) is 103 Å². The van der Waals surface area contributed by atoms with Gasteiger partial charge in [-0.05, 0) is 113 Å². The minimum absolute atomic E-state index is 0.186. The third-order valence-corrected chi connectivity index (χ3v) is 10.8. The van der Waals surface area contributed by atoms with E-state index in [1.54, 1.807) is 4.90 Å². The lowest BCUT2D eigenvalue weighted by molar-refractivity contribution is -0.124. The number of carbonyl (C=O) groups excluding carboxylic acids is 2. The number of nitrogens with zero attached hydrogens (tertiary/aromatic N) is 3. The summed E-state index contributed by atoms with van der Waals surface area (Å²) >= 11 is 0. The molecule has 1 spiro atoms. The predicted octanol–water partition coefficient (Wildman–Crippen LogP) is 7.85. The first-order valence-electron chi connectivity index (χ1n) is 17.1. The van der Waals surface area contributed by atoms with Gasteiger partial charge in [-0.3, -0.25) is 9.80 Å². The average molecular weight is 638 g/mol. The Morgan fingerprint density at radius 1 is 0.870 bits per heavy atom. The van der Waals surface area contributed by atoms with Crippen molar-refractivity contribution in [3.63, 3.8) is 0 Å². The number of hydrogen-bond acceptors (Lipinski definition) is 5. The van der Waals surface area contributed by atoms with Crippen LogP contribution in [-0.2, 0) is 28.9 Å². The highest BCUT2D eigenvalue weighted by molar-refractivity contribution is 5.90. The van der Waals surface area contributed by atoms with Crippen LogP contribution in [-0.4, -0.2) is 72.3 Å². The minimum Gasteiger partial charge on any atom is -0.444 e. The Morgan fingerprint density at radius 2 is 1.59 bits per heavy atom. The van der Waals surface area contributed by atoms with Crippen molar-refractivity contribution in [1.29, 1.82) is 0 Å². The SMILES string of the molecule is CC(C)(C)OC(=O)N1CCC2(CCC(N3CCC(Cc4cccc5c4CCN5C(=O)OCc4ccccc4)C(F)(F)C3)CC2)CC1. The normalized spacial score (nSPS) is 23.3. The summed E-state index contributed by atoms with van der Waals surface area (Å²) in [6.45, 7) is 8.28. The van der Waals surface area contributed by atoms with Gasteiger partial charge in [-0.15, -0.1) is 0 Å². The van der Waals surface area contributed by atoms with E-state index in [9.17, 15) is 9.59 Å². The highest BCUT2D eigenvalue weighted by atomic mass is 19.3. The molecule has 3 heterocycles. The quantitative estimate of drug-likeness (QED) is 0.334. The Balaban J connectivity index is 1.00. The van der Waals surface area contributed by atoms with Gasteiger partial charge in [0.1, 0.15) is 12.2 Å². The van der Waals surface area contributed by atoms with Crippen LogP contribution in [0.25, 0.3) is 0 Å². The number of amides is 2. The second-order valence-corrected chi connectivity index (χ2v) is 15.0. The summed E-state index contributed by atoms with van der Waals surface area (Å²) < 4.78 is 42.7. The second-order valence-electron chi connectivity index (χ2n) is 15.0. The number of anilines is 1. The van der Waals surface area contributed by atoms with Gasteiger partial charge in [0.25, 0.3) is 5.92 Å². The molecule has 1 aliphatic carbocycles. The number of hydrogen-bond donors (Lipinski definition) is 0. The van der Waals surface area contributed by atoms with Gasteiger partial charge < -0.3 is 14.4 Å². The maximum Gasteiger partial charge on any atom is 0.414 e. The van der Waals surface area contributed by atoms with Crippen LogP contribution in [0.4, 0.5) is 24.1 Å². The van der Waals surface area contributed by atoms with Gasteiger partial charge in [-0.2, -0.15) is 0 Å². The number of benzene rings is 2. The van der Waals surface area contributed by atoms with Gasteiger partial charge in [-0.25, -0.2) is 18.4 Å². The number of piperidine rings is 2. The molecule has 2 saturated heterocycles. The Hall–Kier alpha value is -3.20. The molecule has 4 aliphatic rings. The number of fused-ring (bicyclic) bond motifs is 1. The molecule has 9 heteroatoms. The second kappa shape index (κ2) is 13.1. The molecule has 46 heavy (non-hydrogen) atoms. The van der Waals surface area contributed by atoms with Crippen molar-refractivity contribution in [1.82, 2.24) is 9.80 Å². The summed E-state index contributed by atoms with van der Waals surface area (Å²) in [4.78, 5) is 31.0. The van der Waals surface area contributed by atoms with E-state index >= 15 is 8.78 Å². The van der Waals surface area contributed by atoms with Gasteiger partial charge in [0.15, 0.2) is 0 Å². The third-order valence-electron chi connectivity index (χ3n) is 10.8. The molecule has 0 radical (unpaired) electrons. The molecule has 7 nitrogen and oxygen atoms in total. The Kier molecular flexibility index (Phi) is 9.34. The predicted molar refractivity (Wildman–Crippen MR) is 174 cm³/mol. The van der Waals surface area contributed by atoms with Crippen molar-refractivity contribution < 1.29 is 27.8 Å². The van der Waals surface area contributed by atoms with Crippen molar-refractivity contribution in [2.24, 2.45) is 11.3 Å². The summed E-state index contributed by atoms with van der Waals surface area (Å²) in [6, 6.07) is 15.5. The van der Waals surface area contributed by atoms with E-state index in [0.29, 0.717) is 45.4 Å². The zero-order chi connectivity index (χ0) is 32.5. The van der Waals surface area contributed by atoms with E-state index < -0.39 is 23.5 Å². The number of ether oxygens (including phenoxy) is 2. The Morgan fingerprint density at radius 3 is 2.26 bits per heavy atom. The average Bonchev–Trinajstić information content (AvgIpc) is 3.46. The van der Waals surface area contributed by atoms with E-state index in [1.807, 2.05) is 74.2 Å². The van der Waals surface area contributed by atoms with Crippen molar-refractivity contribution in [3.8, 4) is 0 Å². The fourth-order valence-electron chi connectivity index (χ4n) is 8.10. The largest absolute Gasteiger partial charge is 0.444 e. The fourth-order valence-corrected chi connectivity index (χ4v) is 8.10. The topological polar surface area (TPSA) is 62.3 Å². The maximum atomic E-state index is 15.8. The highest BCUT2D eigenvalue weighted by Crippen LogP contribution is 2.47. The van der Waals surface area contributed by atoms with Crippen molar-refractivity contribution in [2.75, 3.05) is 37.6 Å². The van der Waals surface area contributed by atoms with Gasteiger partial charge in [-0.1, -0.05) is 42.5 Å². The summed E-state index contributed by atoms with van der Waals surface area (Å²) in [6.07, 6.45) is 6.66. The number of rotatable bonds is 5. The lowest BCUT2D eigenvalue weighted by Crippen LogP contribution is -2.54. The summed E-state index contributed by atoms with van der Waals surface area (Å²) in [5.74, 6) is -3.50. The van der Waals surface area contributed by atoms with Crippen molar-refractivity contribution >= 4 is 17.9 Å². The Labute approximate surface area is 272 Å². The molecule has 2 aromatic rings. The van der Waals surface area contributed by atoms with Crippen LogP contribution >= 0.6 is 0 Å². The smallest absolute Gasteiger partial charge is 0.414 e. The van der Waals surface area contributed by atoms with E-state index in [-0.39, 0.29) is 30.7 Å². The van der Waals surface area contributed by atoms with Crippen LogP contribution in [0, 0.1) is 11.3 Å². The first kappa shape index (κ1) is 32.7. The molecule has 0 bridgehead atoms. The molecular formula is C37H49F2N3O4. The maximum absolute atomic E-state index is 15.8. The van der Waals surface area contributed by atoms with Crippen LogP contribution in [0.3, 0.4) is 0 Å². The van der Waals surface area contributed by atoms with Crippen LogP contribution < -0.4 is 4.90 Å². The van der Waals surface area contributed by atoms with E-state index in [1.165, 1.54) is 0 Å². The minimum atomic E-state index is -2.78. The first-order valence-corrected chi connectivity index (χ1v) is 17.1. The monoisotopic (exact) mass is 637 g/mol. The van der Waals surface area contributed by atoms with Gasteiger partial charge in [0.05, 0.1) is 12.2 Å². The molecular weight excluding hydrogens is 588 g/mol. The molecule has 1 unspecified atom stereocenters. The van der Waals surface area contributed by atoms with E-state index in [4.69, 9.17) is 9.47 Å². The lowest BCUT2D eigenvalue weighted by Gasteiger charge is -2.49. The molecule has 1 saturated carbocycles. The third kappa shape index (κ3) is 7.35. The van der Waals surface area contributed by atoms with Crippen LogP contribution in [0.5, 0.6) is 0 Å². The molecule has 0 N–H and O–H groups in total. The molecule has 6 rings (SSSR count). The highest BCUT2D eigenvalue weighted by Gasteiger charge is 2.48.